The first-order valence-corrected chi connectivity index (χ1v) is 6.72. The lowest BCUT2D eigenvalue weighted by atomic mass is 9.92. The van der Waals surface area contributed by atoms with E-state index in [0.717, 1.165) is 0 Å². The fourth-order valence-electron chi connectivity index (χ4n) is 2.12. The summed E-state index contributed by atoms with van der Waals surface area (Å²) in [7, 11) is 0. The zero-order valence-electron chi connectivity index (χ0n) is 10.3. The molecule has 2 rings (SSSR count). The number of aliphatic hydroxyl groups is 1. The molecule has 2 amide bonds. The van der Waals surface area contributed by atoms with Crippen molar-refractivity contribution in [2.45, 2.75) is 18.4 Å². The molecule has 0 radical (unpaired) electrons. The van der Waals surface area contributed by atoms with Gasteiger partial charge in [-0.2, -0.15) is 12.6 Å². The first-order chi connectivity index (χ1) is 9.08. The smallest absolute Gasteiger partial charge is 0.261 e. The second-order valence-corrected chi connectivity index (χ2v) is 4.88. The van der Waals surface area contributed by atoms with Gasteiger partial charge in [0.25, 0.3) is 5.91 Å². The van der Waals surface area contributed by atoms with Crippen molar-refractivity contribution in [3.8, 4) is 0 Å². The minimum absolute atomic E-state index is 0.134. The number of hydrogen-bond donors (Lipinski definition) is 4. The summed E-state index contributed by atoms with van der Waals surface area (Å²) in [6.45, 7) is 0.241. The number of thiol groups is 1. The van der Waals surface area contributed by atoms with E-state index in [-0.39, 0.29) is 18.9 Å². The van der Waals surface area contributed by atoms with Crippen LogP contribution in [0.2, 0.25) is 0 Å². The molecule has 1 atom stereocenters. The molecule has 0 saturated heterocycles. The second kappa shape index (κ2) is 5.63. The van der Waals surface area contributed by atoms with Gasteiger partial charge in [0, 0.05) is 30.6 Å². The number of hydrogen-bond acceptors (Lipinski definition) is 4. The van der Waals surface area contributed by atoms with Crippen LogP contribution in [0.25, 0.3) is 0 Å². The van der Waals surface area contributed by atoms with Crippen LogP contribution in [0.15, 0.2) is 24.3 Å². The first-order valence-electron chi connectivity index (χ1n) is 6.09. The van der Waals surface area contributed by atoms with Gasteiger partial charge in [0.05, 0.1) is 0 Å². The monoisotopic (exact) mass is 280 g/mol. The normalized spacial score (nSPS) is 20.8. The van der Waals surface area contributed by atoms with Crippen LogP contribution in [-0.2, 0) is 15.2 Å². The Hall–Kier alpha value is -1.53. The molecule has 5 nitrogen and oxygen atoms in total. The van der Waals surface area contributed by atoms with Gasteiger partial charge in [-0.1, -0.05) is 18.2 Å². The highest BCUT2D eigenvalue weighted by atomic mass is 32.1. The Morgan fingerprint density at radius 1 is 1.42 bits per heavy atom. The summed E-state index contributed by atoms with van der Waals surface area (Å²) in [5.41, 5.74) is -0.384. The maximum Gasteiger partial charge on any atom is 0.261 e. The van der Waals surface area contributed by atoms with Gasteiger partial charge in [-0.15, -0.1) is 0 Å². The van der Waals surface area contributed by atoms with E-state index in [9.17, 15) is 14.7 Å². The maximum absolute atomic E-state index is 11.9. The predicted molar refractivity (Wildman–Crippen MR) is 75.1 cm³/mol. The van der Waals surface area contributed by atoms with Crippen molar-refractivity contribution in [1.82, 2.24) is 5.32 Å². The van der Waals surface area contributed by atoms with E-state index in [4.69, 9.17) is 0 Å². The number of carbonyl (C=O) groups is 2. The number of fused-ring (bicyclic) bond motifs is 1. The van der Waals surface area contributed by atoms with Crippen LogP contribution in [-0.4, -0.2) is 29.2 Å². The van der Waals surface area contributed by atoms with Crippen LogP contribution in [0.4, 0.5) is 5.69 Å². The molecule has 0 saturated carbocycles. The van der Waals surface area contributed by atoms with Gasteiger partial charge in [0.2, 0.25) is 5.91 Å². The van der Waals surface area contributed by atoms with Gasteiger partial charge in [0.15, 0.2) is 5.60 Å². The molecular weight excluding hydrogens is 264 g/mol. The summed E-state index contributed by atoms with van der Waals surface area (Å²) in [4.78, 5) is 23.2. The molecule has 6 heteroatoms. The van der Waals surface area contributed by atoms with Crippen LogP contribution >= 0.6 is 12.6 Å². The Balaban J connectivity index is 2.03. The van der Waals surface area contributed by atoms with Crippen LogP contribution in [0.1, 0.15) is 18.4 Å². The summed E-state index contributed by atoms with van der Waals surface area (Å²) in [5.74, 6) is -0.109. The molecular formula is C13H16N2O3S. The SMILES string of the molecule is O=C(CCS)NCCC1(O)C(=O)Nc2ccccc21. The van der Waals surface area contributed by atoms with Crippen LogP contribution in [0.5, 0.6) is 0 Å². The zero-order valence-corrected chi connectivity index (χ0v) is 11.2. The first kappa shape index (κ1) is 13.9. The lowest BCUT2D eigenvalue weighted by molar-refractivity contribution is -0.134. The average molecular weight is 280 g/mol. The fourth-order valence-corrected chi connectivity index (χ4v) is 2.32. The van der Waals surface area contributed by atoms with E-state index in [1.165, 1.54) is 0 Å². The third-order valence-electron chi connectivity index (χ3n) is 3.14. The summed E-state index contributed by atoms with van der Waals surface area (Å²) in [5, 5.41) is 15.8. The van der Waals surface area contributed by atoms with Crippen molar-refractivity contribution in [1.29, 1.82) is 0 Å². The number of rotatable bonds is 5. The predicted octanol–water partition coefficient (Wildman–Crippen LogP) is 0.652. The number of amides is 2. The highest BCUT2D eigenvalue weighted by Gasteiger charge is 2.44. The molecule has 1 aromatic carbocycles. The van der Waals surface area contributed by atoms with Gasteiger partial charge in [0.1, 0.15) is 0 Å². The van der Waals surface area contributed by atoms with Gasteiger partial charge in [-0.3, -0.25) is 9.59 Å². The third-order valence-corrected chi connectivity index (χ3v) is 3.37. The number of carbonyl (C=O) groups excluding carboxylic acids is 2. The van der Waals surface area contributed by atoms with Crippen molar-refractivity contribution in [2.75, 3.05) is 17.6 Å². The molecule has 1 unspecified atom stereocenters. The van der Waals surface area contributed by atoms with Gasteiger partial charge in [-0.25, -0.2) is 0 Å². The Bertz CT molecular complexity index is 506. The van der Waals surface area contributed by atoms with E-state index < -0.39 is 11.5 Å². The molecule has 19 heavy (non-hydrogen) atoms. The summed E-state index contributed by atoms with van der Waals surface area (Å²) in [6.07, 6.45) is 0.471. The minimum Gasteiger partial charge on any atom is -0.375 e. The van der Waals surface area contributed by atoms with E-state index in [1.54, 1.807) is 24.3 Å². The van der Waals surface area contributed by atoms with E-state index in [1.807, 2.05) is 0 Å². The quantitative estimate of drug-likeness (QED) is 0.598. The number of nitrogens with one attached hydrogen (secondary N) is 2. The largest absolute Gasteiger partial charge is 0.375 e. The summed E-state index contributed by atoms with van der Waals surface area (Å²) >= 11 is 3.96. The molecule has 1 aromatic rings. The lowest BCUT2D eigenvalue weighted by Gasteiger charge is -2.20. The summed E-state index contributed by atoms with van der Waals surface area (Å²) < 4.78 is 0. The van der Waals surface area contributed by atoms with Gasteiger partial charge < -0.3 is 15.7 Å². The average Bonchev–Trinajstić information content (AvgIpc) is 2.63. The molecule has 1 heterocycles. The van der Waals surface area contributed by atoms with Gasteiger partial charge in [-0.05, 0) is 11.8 Å². The van der Waals surface area contributed by atoms with Crippen molar-refractivity contribution in [3.63, 3.8) is 0 Å². The molecule has 1 aliphatic heterocycles. The zero-order chi connectivity index (χ0) is 13.9. The Kier molecular flexibility index (Phi) is 4.11. The van der Waals surface area contributed by atoms with Crippen molar-refractivity contribution >= 4 is 30.1 Å². The lowest BCUT2D eigenvalue weighted by Crippen LogP contribution is -2.38. The Labute approximate surface area is 116 Å². The van der Waals surface area contributed by atoms with Crippen molar-refractivity contribution in [2.24, 2.45) is 0 Å². The van der Waals surface area contributed by atoms with Gasteiger partial charge >= 0.3 is 0 Å². The third kappa shape index (κ3) is 2.74. The van der Waals surface area contributed by atoms with Crippen molar-refractivity contribution in [3.05, 3.63) is 29.8 Å². The molecule has 3 N–H and O–H groups in total. The fraction of sp³-hybridized carbons (Fsp3) is 0.385. The number of anilines is 1. The standard InChI is InChI=1S/C13H16N2O3S/c16-11(5-8-19)14-7-6-13(18)9-3-1-2-4-10(9)15-12(13)17/h1-4,18-19H,5-8H2,(H,14,16)(H,15,17). The maximum atomic E-state index is 11.9. The highest BCUT2D eigenvalue weighted by Crippen LogP contribution is 2.37. The molecule has 0 fully saturated rings. The molecule has 102 valence electrons. The molecule has 1 aliphatic rings. The number of para-hydroxylation sites is 1. The van der Waals surface area contributed by atoms with Crippen LogP contribution in [0, 0.1) is 0 Å². The topological polar surface area (TPSA) is 78.4 Å². The molecule has 0 spiro atoms. The van der Waals surface area contributed by atoms with E-state index in [0.29, 0.717) is 23.4 Å². The van der Waals surface area contributed by atoms with E-state index in [2.05, 4.69) is 23.3 Å². The summed E-state index contributed by atoms with van der Waals surface area (Å²) in [6, 6.07) is 7.01. The minimum atomic E-state index is -1.56. The Morgan fingerprint density at radius 3 is 2.89 bits per heavy atom. The molecule has 0 aliphatic carbocycles. The second-order valence-electron chi connectivity index (χ2n) is 4.43. The van der Waals surface area contributed by atoms with Crippen molar-refractivity contribution < 1.29 is 14.7 Å². The highest BCUT2D eigenvalue weighted by molar-refractivity contribution is 7.80. The molecule has 0 aromatic heterocycles. The van der Waals surface area contributed by atoms with E-state index >= 15 is 0 Å². The number of benzene rings is 1. The van der Waals surface area contributed by atoms with Crippen LogP contribution < -0.4 is 10.6 Å². The van der Waals surface area contributed by atoms with Crippen LogP contribution in [0.3, 0.4) is 0 Å². The Morgan fingerprint density at radius 2 is 2.16 bits per heavy atom. The molecule has 0 bridgehead atoms.